The zero-order chi connectivity index (χ0) is 12.3. The molecular weight excluding hydrogens is 214 g/mol. The van der Waals surface area contributed by atoms with Crippen molar-refractivity contribution in [3.05, 3.63) is 17.7 Å². The Morgan fingerprint density at radius 2 is 2.00 bits per heavy atom. The number of nitriles is 2. The first-order valence-electron chi connectivity index (χ1n) is 5.56. The van der Waals surface area contributed by atoms with Gasteiger partial charge in [0.05, 0.1) is 11.6 Å². The summed E-state index contributed by atoms with van der Waals surface area (Å²) in [6.45, 7) is 1.63. The first-order chi connectivity index (χ1) is 8.24. The Labute approximate surface area is 100 Å². The van der Waals surface area contributed by atoms with Crippen molar-refractivity contribution in [2.45, 2.75) is 12.8 Å². The van der Waals surface area contributed by atoms with Gasteiger partial charge in [0, 0.05) is 19.0 Å². The van der Waals surface area contributed by atoms with E-state index in [9.17, 15) is 0 Å². The molecule has 2 heterocycles. The van der Waals surface area contributed by atoms with Crippen LogP contribution in [0.2, 0.25) is 0 Å². The van der Waals surface area contributed by atoms with Crippen LogP contribution < -0.4 is 10.6 Å². The van der Waals surface area contributed by atoms with Crippen LogP contribution in [0.3, 0.4) is 0 Å². The second kappa shape index (κ2) is 4.71. The van der Waals surface area contributed by atoms with E-state index >= 15 is 0 Å². The van der Waals surface area contributed by atoms with E-state index in [0.717, 1.165) is 31.7 Å². The fourth-order valence-corrected chi connectivity index (χ4v) is 1.97. The van der Waals surface area contributed by atoms with Crippen LogP contribution in [0, 0.1) is 28.6 Å². The lowest BCUT2D eigenvalue weighted by Crippen LogP contribution is -2.33. The lowest BCUT2D eigenvalue weighted by Gasteiger charge is -2.30. The first kappa shape index (κ1) is 11.2. The highest BCUT2D eigenvalue weighted by atomic mass is 15.2. The van der Waals surface area contributed by atoms with Crippen LogP contribution in [0.5, 0.6) is 0 Å². The topological polar surface area (TPSA) is 89.7 Å². The molecule has 1 fully saturated rings. The Balaban J connectivity index is 2.12. The zero-order valence-electron chi connectivity index (χ0n) is 9.43. The number of piperidine rings is 1. The van der Waals surface area contributed by atoms with Gasteiger partial charge in [-0.25, -0.2) is 4.98 Å². The molecule has 1 aliphatic heterocycles. The first-order valence-corrected chi connectivity index (χ1v) is 5.56. The molecule has 0 amide bonds. The number of nitrogens with zero attached hydrogens (tertiary/aromatic N) is 4. The maximum Gasteiger partial charge on any atom is 0.143 e. The number of hydrogen-bond donors (Lipinski definition) is 1. The van der Waals surface area contributed by atoms with Gasteiger partial charge in [-0.3, -0.25) is 0 Å². The maximum atomic E-state index is 8.82. The highest BCUT2D eigenvalue weighted by molar-refractivity contribution is 5.54. The van der Waals surface area contributed by atoms with Crippen molar-refractivity contribution in [2.24, 2.45) is 5.92 Å². The zero-order valence-corrected chi connectivity index (χ0v) is 9.43. The summed E-state index contributed by atoms with van der Waals surface area (Å²) in [6.07, 6.45) is 1.72. The molecule has 5 nitrogen and oxygen atoms in total. The summed E-state index contributed by atoms with van der Waals surface area (Å²) in [5, 5.41) is 17.6. The molecule has 86 valence electrons. The highest BCUT2D eigenvalue weighted by Crippen LogP contribution is 2.22. The molecule has 0 unspecified atom stereocenters. The minimum atomic E-state index is 0.155. The third-order valence-electron chi connectivity index (χ3n) is 3.03. The lowest BCUT2D eigenvalue weighted by molar-refractivity contribution is 0.485. The van der Waals surface area contributed by atoms with Crippen LogP contribution in [0.4, 0.5) is 11.6 Å². The van der Waals surface area contributed by atoms with Gasteiger partial charge in [0.15, 0.2) is 0 Å². The van der Waals surface area contributed by atoms with Gasteiger partial charge in [0.25, 0.3) is 0 Å². The van der Waals surface area contributed by atoms with Crippen molar-refractivity contribution in [3.63, 3.8) is 0 Å². The van der Waals surface area contributed by atoms with Crippen LogP contribution in [0.25, 0.3) is 0 Å². The van der Waals surface area contributed by atoms with Crippen molar-refractivity contribution in [1.29, 1.82) is 10.5 Å². The van der Waals surface area contributed by atoms with Gasteiger partial charge in [0.1, 0.15) is 17.7 Å². The molecule has 1 saturated heterocycles. The molecule has 2 rings (SSSR count). The molecule has 1 aliphatic rings. The number of aromatic nitrogens is 1. The van der Waals surface area contributed by atoms with Crippen molar-refractivity contribution in [1.82, 2.24) is 4.98 Å². The van der Waals surface area contributed by atoms with Crippen molar-refractivity contribution >= 4 is 11.6 Å². The van der Waals surface area contributed by atoms with Crippen LogP contribution >= 0.6 is 0 Å². The van der Waals surface area contributed by atoms with E-state index in [1.165, 1.54) is 0 Å². The van der Waals surface area contributed by atoms with Crippen molar-refractivity contribution < 1.29 is 0 Å². The molecule has 0 atom stereocenters. The standard InChI is InChI=1S/C12H13N5/c13-7-9-3-5-17(6-4-9)11-2-1-10(8-14)12(15)16-11/h1-2,9H,3-6H2,(H2,15,16). The van der Waals surface area contributed by atoms with E-state index in [0.29, 0.717) is 5.56 Å². The predicted molar refractivity (Wildman–Crippen MR) is 63.9 cm³/mol. The third kappa shape index (κ3) is 2.29. The Kier molecular flexibility index (Phi) is 3.11. The fourth-order valence-electron chi connectivity index (χ4n) is 1.97. The highest BCUT2D eigenvalue weighted by Gasteiger charge is 2.20. The average molecular weight is 227 g/mol. The Hall–Kier alpha value is -2.27. The lowest BCUT2D eigenvalue weighted by atomic mass is 9.99. The Morgan fingerprint density at radius 3 is 2.53 bits per heavy atom. The van der Waals surface area contributed by atoms with Gasteiger partial charge in [-0.05, 0) is 25.0 Å². The van der Waals surface area contributed by atoms with Crippen LogP contribution in [0.15, 0.2) is 12.1 Å². The number of rotatable bonds is 1. The minimum absolute atomic E-state index is 0.155. The quantitative estimate of drug-likeness (QED) is 0.780. The molecule has 17 heavy (non-hydrogen) atoms. The molecule has 0 saturated carbocycles. The van der Waals surface area contributed by atoms with Gasteiger partial charge in [-0.1, -0.05) is 0 Å². The summed E-state index contributed by atoms with van der Waals surface area (Å²) in [6, 6.07) is 7.78. The summed E-state index contributed by atoms with van der Waals surface area (Å²) < 4.78 is 0. The molecule has 1 aromatic heterocycles. The Morgan fingerprint density at radius 1 is 1.29 bits per heavy atom. The van der Waals surface area contributed by atoms with Crippen molar-refractivity contribution in [3.8, 4) is 12.1 Å². The van der Waals surface area contributed by atoms with Gasteiger partial charge < -0.3 is 10.6 Å². The molecule has 0 spiro atoms. The van der Waals surface area contributed by atoms with E-state index in [2.05, 4.69) is 16.0 Å². The number of anilines is 2. The summed E-state index contributed by atoms with van der Waals surface area (Å²) in [5.74, 6) is 1.22. The van der Waals surface area contributed by atoms with Crippen molar-refractivity contribution in [2.75, 3.05) is 23.7 Å². The number of pyridine rings is 1. The van der Waals surface area contributed by atoms with Gasteiger partial charge >= 0.3 is 0 Å². The molecule has 0 aliphatic carbocycles. The van der Waals surface area contributed by atoms with Crippen LogP contribution in [-0.4, -0.2) is 18.1 Å². The largest absolute Gasteiger partial charge is 0.383 e. The Bertz CT molecular complexity index is 489. The second-order valence-electron chi connectivity index (χ2n) is 4.10. The van der Waals surface area contributed by atoms with Gasteiger partial charge in [-0.2, -0.15) is 10.5 Å². The maximum absolute atomic E-state index is 8.82. The summed E-state index contributed by atoms with van der Waals surface area (Å²) in [7, 11) is 0. The van der Waals surface area contributed by atoms with Crippen LogP contribution in [-0.2, 0) is 0 Å². The molecule has 5 heteroatoms. The van der Waals surface area contributed by atoms with Crippen LogP contribution in [0.1, 0.15) is 18.4 Å². The number of nitrogen functional groups attached to an aromatic ring is 1. The van der Waals surface area contributed by atoms with E-state index in [-0.39, 0.29) is 11.7 Å². The van der Waals surface area contributed by atoms with Gasteiger partial charge in [0.2, 0.25) is 0 Å². The SMILES string of the molecule is N#Cc1ccc(N2CCC(C#N)CC2)nc1N. The summed E-state index contributed by atoms with van der Waals surface area (Å²) >= 11 is 0. The van der Waals surface area contributed by atoms with E-state index in [1.807, 2.05) is 12.1 Å². The molecule has 0 bridgehead atoms. The molecule has 0 radical (unpaired) electrons. The summed E-state index contributed by atoms with van der Waals surface area (Å²) in [5.41, 5.74) is 6.08. The van der Waals surface area contributed by atoms with E-state index in [1.54, 1.807) is 6.07 Å². The number of nitrogens with two attached hydrogens (primary N) is 1. The molecule has 1 aromatic rings. The van der Waals surface area contributed by atoms with Gasteiger partial charge in [-0.15, -0.1) is 0 Å². The number of hydrogen-bond acceptors (Lipinski definition) is 5. The smallest absolute Gasteiger partial charge is 0.143 e. The minimum Gasteiger partial charge on any atom is -0.383 e. The fraction of sp³-hybridized carbons (Fsp3) is 0.417. The average Bonchev–Trinajstić information content (AvgIpc) is 2.39. The predicted octanol–water partition coefficient (Wildman–Crippen LogP) is 1.28. The molecular formula is C12H13N5. The molecule has 2 N–H and O–H groups in total. The molecule has 0 aromatic carbocycles. The third-order valence-corrected chi connectivity index (χ3v) is 3.03. The normalized spacial score (nSPS) is 16.2. The second-order valence-corrected chi connectivity index (χ2v) is 4.10. The summed E-state index contributed by atoms with van der Waals surface area (Å²) in [4.78, 5) is 6.32. The van der Waals surface area contributed by atoms with E-state index in [4.69, 9.17) is 16.3 Å². The van der Waals surface area contributed by atoms with E-state index < -0.39 is 0 Å². The monoisotopic (exact) mass is 227 g/mol.